The Hall–Kier alpha value is -3.20. The lowest BCUT2D eigenvalue weighted by atomic mass is 9.95. The fraction of sp³-hybridized carbons (Fsp3) is 0.167. The molecule has 3 rings (SSSR count). The molecule has 1 atom stereocenters. The molecule has 0 saturated heterocycles. The van der Waals surface area contributed by atoms with Crippen LogP contribution in [0, 0.1) is 17.1 Å². The van der Waals surface area contributed by atoms with Crippen molar-refractivity contribution in [2.45, 2.75) is 18.9 Å². The fourth-order valence-corrected chi connectivity index (χ4v) is 2.39. The summed E-state index contributed by atoms with van der Waals surface area (Å²) in [5.41, 5.74) is 0.550. The molecule has 0 aliphatic carbocycles. The van der Waals surface area contributed by atoms with Crippen LogP contribution >= 0.6 is 0 Å². The Morgan fingerprint density at radius 2 is 2.00 bits per heavy atom. The van der Waals surface area contributed by atoms with Crippen molar-refractivity contribution < 1.29 is 14.0 Å². The summed E-state index contributed by atoms with van der Waals surface area (Å²) in [4.78, 5) is 17.8. The molecule has 1 aliphatic heterocycles. The highest BCUT2D eigenvalue weighted by molar-refractivity contribution is 6.08. The number of oxime groups is 1. The van der Waals surface area contributed by atoms with Crippen LogP contribution in [-0.4, -0.2) is 17.2 Å². The first kappa shape index (κ1) is 15.7. The third kappa shape index (κ3) is 2.97. The van der Waals surface area contributed by atoms with Gasteiger partial charge in [-0.15, -0.1) is 0 Å². The summed E-state index contributed by atoms with van der Waals surface area (Å²) < 4.78 is 13.8. The second-order valence-electron chi connectivity index (χ2n) is 5.66. The van der Waals surface area contributed by atoms with Gasteiger partial charge in [0.25, 0.3) is 5.91 Å². The highest BCUT2D eigenvalue weighted by Crippen LogP contribution is 2.29. The Kier molecular flexibility index (Phi) is 4.00. The molecule has 0 aromatic heterocycles. The quantitative estimate of drug-likeness (QED) is 0.942. The first-order valence-corrected chi connectivity index (χ1v) is 7.33. The van der Waals surface area contributed by atoms with Gasteiger partial charge < -0.3 is 10.2 Å². The lowest BCUT2D eigenvalue weighted by Gasteiger charge is -2.20. The number of nitrogens with zero attached hydrogens (tertiary/aromatic N) is 2. The standard InChI is InChI=1S/C18H14FN3O2/c1-18(17(23)21-13-8-6-12(11-20)7-9-13)10-16(22-24-18)14-4-2-3-5-15(14)19/h2-9H,10H2,1H3,(H,21,23)/t18-/m1/s1. The smallest absolute Gasteiger partial charge is 0.271 e. The number of hydrogen-bond donors (Lipinski definition) is 1. The van der Waals surface area contributed by atoms with Crippen molar-refractivity contribution in [3.63, 3.8) is 0 Å². The number of benzene rings is 2. The minimum atomic E-state index is -1.22. The predicted octanol–water partition coefficient (Wildman–Crippen LogP) is 3.22. The number of anilines is 1. The zero-order chi connectivity index (χ0) is 17.2. The summed E-state index contributed by atoms with van der Waals surface area (Å²) in [5.74, 6) is -0.793. The number of rotatable bonds is 3. The van der Waals surface area contributed by atoms with Crippen molar-refractivity contribution >= 4 is 17.3 Å². The van der Waals surface area contributed by atoms with Crippen molar-refractivity contribution in [3.05, 3.63) is 65.5 Å². The Labute approximate surface area is 138 Å². The number of carbonyl (C=O) groups excluding carboxylic acids is 1. The summed E-state index contributed by atoms with van der Waals surface area (Å²) in [5, 5.41) is 15.4. The minimum absolute atomic E-state index is 0.163. The Morgan fingerprint density at radius 1 is 1.29 bits per heavy atom. The van der Waals surface area contributed by atoms with E-state index in [0.29, 0.717) is 22.5 Å². The zero-order valence-electron chi connectivity index (χ0n) is 12.9. The molecule has 0 bridgehead atoms. The molecule has 1 N–H and O–H groups in total. The monoisotopic (exact) mass is 323 g/mol. The van der Waals surface area contributed by atoms with E-state index in [-0.39, 0.29) is 12.3 Å². The van der Waals surface area contributed by atoms with Gasteiger partial charge in [0.1, 0.15) is 5.82 Å². The van der Waals surface area contributed by atoms with Gasteiger partial charge in [-0.2, -0.15) is 5.26 Å². The Bertz CT molecular complexity index is 855. The molecule has 0 unspecified atom stereocenters. The molecule has 1 heterocycles. The summed E-state index contributed by atoms with van der Waals surface area (Å²) in [6.45, 7) is 1.60. The molecular weight excluding hydrogens is 309 g/mol. The molecule has 6 heteroatoms. The molecule has 1 aliphatic rings. The van der Waals surface area contributed by atoms with E-state index in [4.69, 9.17) is 10.1 Å². The van der Waals surface area contributed by atoms with Gasteiger partial charge in [0.05, 0.1) is 17.3 Å². The average Bonchev–Trinajstić information content (AvgIpc) is 2.99. The molecule has 5 nitrogen and oxygen atoms in total. The molecule has 2 aromatic rings. The molecule has 120 valence electrons. The van der Waals surface area contributed by atoms with Crippen LogP contribution in [0.3, 0.4) is 0 Å². The topological polar surface area (TPSA) is 74.5 Å². The van der Waals surface area contributed by atoms with E-state index in [1.807, 2.05) is 6.07 Å². The number of nitriles is 1. The van der Waals surface area contributed by atoms with Crippen molar-refractivity contribution in [1.82, 2.24) is 0 Å². The summed E-state index contributed by atoms with van der Waals surface area (Å²) in [7, 11) is 0. The maximum atomic E-state index is 13.8. The van der Waals surface area contributed by atoms with Crippen molar-refractivity contribution in [2.75, 3.05) is 5.32 Å². The lowest BCUT2D eigenvalue weighted by molar-refractivity contribution is -0.135. The van der Waals surface area contributed by atoms with E-state index in [1.54, 1.807) is 49.4 Å². The molecule has 0 radical (unpaired) electrons. The number of halogens is 1. The van der Waals surface area contributed by atoms with Gasteiger partial charge in [0, 0.05) is 17.7 Å². The largest absolute Gasteiger partial charge is 0.379 e. The van der Waals surface area contributed by atoms with Crippen LogP contribution < -0.4 is 5.32 Å². The third-order valence-electron chi connectivity index (χ3n) is 3.80. The van der Waals surface area contributed by atoms with E-state index >= 15 is 0 Å². The van der Waals surface area contributed by atoms with Crippen LogP contribution in [0.2, 0.25) is 0 Å². The summed E-state index contributed by atoms with van der Waals surface area (Å²) in [6.07, 6.45) is 0.163. The average molecular weight is 323 g/mol. The maximum Gasteiger partial charge on any atom is 0.271 e. The van der Waals surface area contributed by atoms with Crippen LogP contribution in [0.4, 0.5) is 10.1 Å². The first-order chi connectivity index (χ1) is 11.5. The third-order valence-corrected chi connectivity index (χ3v) is 3.80. The van der Waals surface area contributed by atoms with Crippen LogP contribution in [0.25, 0.3) is 0 Å². The van der Waals surface area contributed by atoms with Gasteiger partial charge in [0.2, 0.25) is 5.60 Å². The van der Waals surface area contributed by atoms with E-state index in [2.05, 4.69) is 10.5 Å². The van der Waals surface area contributed by atoms with Crippen molar-refractivity contribution in [1.29, 1.82) is 5.26 Å². The Balaban J connectivity index is 1.72. The maximum absolute atomic E-state index is 13.8. The fourth-order valence-electron chi connectivity index (χ4n) is 2.39. The van der Waals surface area contributed by atoms with Gasteiger partial charge >= 0.3 is 0 Å². The van der Waals surface area contributed by atoms with E-state index < -0.39 is 11.4 Å². The normalized spacial score (nSPS) is 19.1. The highest BCUT2D eigenvalue weighted by atomic mass is 19.1. The zero-order valence-corrected chi connectivity index (χ0v) is 12.9. The van der Waals surface area contributed by atoms with Crippen molar-refractivity contribution in [3.8, 4) is 6.07 Å². The van der Waals surface area contributed by atoms with E-state index in [9.17, 15) is 9.18 Å². The summed E-state index contributed by atoms with van der Waals surface area (Å²) >= 11 is 0. The van der Waals surface area contributed by atoms with Gasteiger partial charge in [-0.1, -0.05) is 23.4 Å². The predicted molar refractivity (Wildman–Crippen MR) is 86.8 cm³/mol. The van der Waals surface area contributed by atoms with Crippen LogP contribution in [0.5, 0.6) is 0 Å². The number of nitrogens with one attached hydrogen (secondary N) is 1. The van der Waals surface area contributed by atoms with Crippen LogP contribution in [0.15, 0.2) is 53.7 Å². The number of amides is 1. The highest BCUT2D eigenvalue weighted by Gasteiger charge is 2.42. The molecular formula is C18H14FN3O2. The lowest BCUT2D eigenvalue weighted by Crippen LogP contribution is -2.40. The summed E-state index contributed by atoms with van der Waals surface area (Å²) in [6, 6.07) is 14.7. The van der Waals surface area contributed by atoms with Crippen LogP contribution in [0.1, 0.15) is 24.5 Å². The molecule has 2 aromatic carbocycles. The first-order valence-electron chi connectivity index (χ1n) is 7.33. The van der Waals surface area contributed by atoms with Crippen molar-refractivity contribution in [2.24, 2.45) is 5.16 Å². The van der Waals surface area contributed by atoms with Crippen LogP contribution in [-0.2, 0) is 9.63 Å². The molecule has 0 spiro atoms. The van der Waals surface area contributed by atoms with Gasteiger partial charge in [-0.3, -0.25) is 4.79 Å². The molecule has 0 fully saturated rings. The molecule has 0 saturated carbocycles. The number of hydrogen-bond acceptors (Lipinski definition) is 4. The van der Waals surface area contributed by atoms with Gasteiger partial charge in [-0.25, -0.2) is 4.39 Å². The number of carbonyl (C=O) groups is 1. The van der Waals surface area contributed by atoms with E-state index in [1.165, 1.54) is 6.07 Å². The van der Waals surface area contributed by atoms with E-state index in [0.717, 1.165) is 0 Å². The second kappa shape index (κ2) is 6.13. The minimum Gasteiger partial charge on any atom is -0.379 e. The SMILES string of the molecule is C[C@]1(C(=O)Nc2ccc(C#N)cc2)CC(c2ccccc2F)=NO1. The van der Waals surface area contributed by atoms with Gasteiger partial charge in [-0.05, 0) is 37.3 Å². The molecule has 1 amide bonds. The van der Waals surface area contributed by atoms with Gasteiger partial charge in [0.15, 0.2) is 0 Å². The second-order valence-corrected chi connectivity index (χ2v) is 5.66. The molecule has 24 heavy (non-hydrogen) atoms. The Morgan fingerprint density at radius 3 is 2.67 bits per heavy atom.